The van der Waals surface area contributed by atoms with Crippen molar-refractivity contribution in [2.45, 2.75) is 18.7 Å². The summed E-state index contributed by atoms with van der Waals surface area (Å²) in [7, 11) is 0. The summed E-state index contributed by atoms with van der Waals surface area (Å²) in [6.07, 6.45) is -2.88. The number of hydrogen-bond donors (Lipinski definition) is 1. The predicted octanol–water partition coefficient (Wildman–Crippen LogP) is 2.26. The average molecular weight is 345 g/mol. The molecule has 24 heavy (non-hydrogen) atoms. The van der Waals surface area contributed by atoms with Crippen LogP contribution in [0.15, 0.2) is 16.8 Å². The van der Waals surface area contributed by atoms with Gasteiger partial charge in [-0.1, -0.05) is 5.16 Å². The fourth-order valence-electron chi connectivity index (χ4n) is 1.96. The van der Waals surface area contributed by atoms with Crippen molar-refractivity contribution in [2.24, 2.45) is 0 Å². The van der Waals surface area contributed by atoms with Gasteiger partial charge in [-0.05, 0) is 6.42 Å². The monoisotopic (exact) mass is 345 g/mol. The number of rotatable bonds is 5. The summed E-state index contributed by atoms with van der Waals surface area (Å²) in [6, 6.07) is 1.03. The molecule has 0 aromatic carbocycles. The summed E-state index contributed by atoms with van der Waals surface area (Å²) in [6.45, 7) is 0.980. The Kier molecular flexibility index (Phi) is 4.05. The molecular weight excluding hydrogens is 335 g/mol. The van der Waals surface area contributed by atoms with Crippen molar-refractivity contribution in [3.63, 3.8) is 0 Å². The third kappa shape index (κ3) is 3.27. The van der Waals surface area contributed by atoms with E-state index < -0.39 is 28.5 Å². The first-order chi connectivity index (χ1) is 11.3. The second kappa shape index (κ2) is 6.03. The van der Waals surface area contributed by atoms with Gasteiger partial charge in [0, 0.05) is 31.0 Å². The molecule has 12 heteroatoms. The molecule has 3 rings (SSSR count). The summed E-state index contributed by atoms with van der Waals surface area (Å²) in [5, 5.41) is 17.1. The molecule has 0 unspecified atom stereocenters. The molecule has 1 atom stereocenters. The molecule has 128 valence electrons. The Labute approximate surface area is 132 Å². The number of pyridine rings is 1. The van der Waals surface area contributed by atoms with Crippen molar-refractivity contribution in [2.75, 3.05) is 18.5 Å². The van der Waals surface area contributed by atoms with Crippen molar-refractivity contribution >= 4 is 11.5 Å². The zero-order valence-corrected chi connectivity index (χ0v) is 11.9. The SMILES string of the molecule is O=[N+]([O-])c1cc(-c2noc(C(F)(F)F)n2)cnc1NC[C@@H]1CCO1. The smallest absolute Gasteiger partial charge is 0.376 e. The third-order valence-electron chi connectivity index (χ3n) is 3.28. The topological polar surface area (TPSA) is 116 Å². The molecule has 0 aliphatic carbocycles. The van der Waals surface area contributed by atoms with Gasteiger partial charge in [0.1, 0.15) is 0 Å². The molecule has 1 fully saturated rings. The molecule has 1 N–H and O–H groups in total. The molecule has 2 aromatic rings. The van der Waals surface area contributed by atoms with E-state index in [-0.39, 0.29) is 17.5 Å². The zero-order chi connectivity index (χ0) is 17.3. The van der Waals surface area contributed by atoms with Gasteiger partial charge in [0.15, 0.2) is 0 Å². The third-order valence-corrected chi connectivity index (χ3v) is 3.28. The fraction of sp³-hybridized carbons (Fsp3) is 0.417. The second-order valence-electron chi connectivity index (χ2n) is 4.93. The Balaban J connectivity index is 1.85. The number of nitrogens with one attached hydrogen (secondary N) is 1. The molecule has 0 radical (unpaired) electrons. The highest BCUT2D eigenvalue weighted by Crippen LogP contribution is 2.31. The minimum Gasteiger partial charge on any atom is -0.376 e. The summed E-state index contributed by atoms with van der Waals surface area (Å²) in [5.41, 5.74) is -0.475. The molecule has 3 heterocycles. The minimum absolute atomic E-state index is 0.0150. The summed E-state index contributed by atoms with van der Waals surface area (Å²) in [4.78, 5) is 17.5. The molecule has 1 aliphatic heterocycles. The number of anilines is 1. The lowest BCUT2D eigenvalue weighted by Gasteiger charge is -2.26. The molecule has 1 aliphatic rings. The maximum Gasteiger partial charge on any atom is 0.471 e. The van der Waals surface area contributed by atoms with Crippen molar-refractivity contribution in [1.29, 1.82) is 0 Å². The maximum absolute atomic E-state index is 12.5. The van der Waals surface area contributed by atoms with E-state index >= 15 is 0 Å². The molecule has 9 nitrogen and oxygen atoms in total. The number of halogens is 3. The van der Waals surface area contributed by atoms with Gasteiger partial charge in [-0.3, -0.25) is 10.1 Å². The van der Waals surface area contributed by atoms with Crippen LogP contribution < -0.4 is 5.32 Å². The molecule has 2 aromatic heterocycles. The van der Waals surface area contributed by atoms with Gasteiger partial charge in [-0.25, -0.2) is 4.98 Å². The van der Waals surface area contributed by atoms with E-state index in [1.54, 1.807) is 0 Å². The van der Waals surface area contributed by atoms with Crippen LogP contribution in [0.5, 0.6) is 0 Å². The number of nitro groups is 1. The number of alkyl halides is 3. The van der Waals surface area contributed by atoms with Crippen LogP contribution in [0, 0.1) is 10.1 Å². The molecule has 1 saturated heterocycles. The van der Waals surface area contributed by atoms with Gasteiger partial charge in [-0.15, -0.1) is 0 Å². The van der Waals surface area contributed by atoms with Crippen LogP contribution in [0.25, 0.3) is 11.4 Å². The summed E-state index contributed by atoms with van der Waals surface area (Å²) in [5.74, 6) is -1.99. The van der Waals surface area contributed by atoms with Crippen LogP contribution in [-0.2, 0) is 10.9 Å². The van der Waals surface area contributed by atoms with Crippen molar-refractivity contribution < 1.29 is 27.4 Å². The van der Waals surface area contributed by atoms with Crippen LogP contribution in [0.4, 0.5) is 24.7 Å². The molecule has 0 saturated carbocycles. The van der Waals surface area contributed by atoms with E-state index in [1.165, 1.54) is 0 Å². The Morgan fingerprint density at radius 2 is 2.21 bits per heavy atom. The largest absolute Gasteiger partial charge is 0.471 e. The van der Waals surface area contributed by atoms with Crippen LogP contribution in [0.2, 0.25) is 0 Å². The lowest BCUT2D eigenvalue weighted by Crippen LogP contribution is -2.33. The maximum atomic E-state index is 12.5. The van der Waals surface area contributed by atoms with Crippen molar-refractivity contribution in [3.05, 3.63) is 28.3 Å². The quantitative estimate of drug-likeness (QED) is 0.648. The van der Waals surface area contributed by atoms with Gasteiger partial charge in [-0.2, -0.15) is 18.2 Å². The van der Waals surface area contributed by atoms with Crippen LogP contribution >= 0.6 is 0 Å². The molecule has 0 amide bonds. The summed E-state index contributed by atoms with van der Waals surface area (Å²) < 4.78 is 46.7. The highest BCUT2D eigenvalue weighted by atomic mass is 19.4. The first kappa shape index (κ1) is 16.1. The number of hydrogen-bond acceptors (Lipinski definition) is 8. The van der Waals surface area contributed by atoms with Gasteiger partial charge in [0.05, 0.1) is 11.0 Å². The van der Waals surface area contributed by atoms with E-state index in [1.807, 2.05) is 0 Å². The fourth-order valence-corrected chi connectivity index (χ4v) is 1.96. The number of aromatic nitrogens is 3. The second-order valence-corrected chi connectivity index (χ2v) is 4.93. The van der Waals surface area contributed by atoms with Crippen LogP contribution in [0.1, 0.15) is 12.3 Å². The van der Waals surface area contributed by atoms with E-state index in [0.717, 1.165) is 18.7 Å². The highest BCUT2D eigenvalue weighted by molar-refractivity contribution is 5.65. The zero-order valence-electron chi connectivity index (χ0n) is 11.9. The Hall–Kier alpha value is -2.76. The van der Waals surface area contributed by atoms with Crippen LogP contribution in [-0.4, -0.2) is 39.3 Å². The molecule has 0 spiro atoms. The van der Waals surface area contributed by atoms with Gasteiger partial charge >= 0.3 is 17.8 Å². The normalized spacial score (nSPS) is 17.4. The van der Waals surface area contributed by atoms with Gasteiger partial charge in [0.2, 0.25) is 11.6 Å². The predicted molar refractivity (Wildman–Crippen MR) is 72.0 cm³/mol. The molecular formula is C12H10F3N5O4. The number of ether oxygens (including phenoxy) is 1. The van der Waals surface area contributed by atoms with Gasteiger partial charge < -0.3 is 14.6 Å². The Bertz CT molecular complexity index is 759. The van der Waals surface area contributed by atoms with Crippen molar-refractivity contribution in [1.82, 2.24) is 15.1 Å². The Morgan fingerprint density at radius 1 is 1.46 bits per heavy atom. The lowest BCUT2D eigenvalue weighted by molar-refractivity contribution is -0.384. The standard InChI is InChI=1S/C12H10F3N5O4/c13-12(14,15)11-18-9(19-24-11)6-3-8(20(21)22)10(16-4-6)17-5-7-1-2-23-7/h3-4,7H,1-2,5H2,(H,16,17)/t7-/m0/s1. The number of nitrogens with zero attached hydrogens (tertiary/aromatic N) is 4. The average Bonchev–Trinajstić information content (AvgIpc) is 2.95. The van der Waals surface area contributed by atoms with E-state index in [9.17, 15) is 23.3 Å². The first-order valence-corrected chi connectivity index (χ1v) is 6.76. The lowest BCUT2D eigenvalue weighted by atomic mass is 10.2. The Morgan fingerprint density at radius 3 is 2.75 bits per heavy atom. The minimum atomic E-state index is -4.80. The van der Waals surface area contributed by atoms with E-state index in [0.29, 0.717) is 13.2 Å². The van der Waals surface area contributed by atoms with Gasteiger partial charge in [0.25, 0.3) is 0 Å². The van der Waals surface area contributed by atoms with Crippen molar-refractivity contribution in [3.8, 4) is 11.4 Å². The first-order valence-electron chi connectivity index (χ1n) is 6.76. The van der Waals surface area contributed by atoms with Crippen LogP contribution in [0.3, 0.4) is 0 Å². The van der Waals surface area contributed by atoms with E-state index in [2.05, 4.69) is 25.0 Å². The summed E-state index contributed by atoms with van der Waals surface area (Å²) >= 11 is 0. The van der Waals surface area contributed by atoms with E-state index in [4.69, 9.17) is 4.74 Å². The highest BCUT2D eigenvalue weighted by Gasteiger charge is 2.38. The molecule has 0 bridgehead atoms.